The van der Waals surface area contributed by atoms with Crippen molar-refractivity contribution in [1.82, 2.24) is 9.80 Å². The molecule has 0 saturated carbocycles. The minimum absolute atomic E-state index is 0.0101. The molecular formula is C33H30F2N2O6S2. The first-order chi connectivity index (χ1) is 21.7. The van der Waals surface area contributed by atoms with Crippen molar-refractivity contribution in [1.29, 1.82) is 0 Å². The first kappa shape index (κ1) is 32.4. The number of carbonyl (C=O) groups is 3. The van der Waals surface area contributed by atoms with E-state index in [0.29, 0.717) is 40.0 Å². The summed E-state index contributed by atoms with van der Waals surface area (Å²) >= 11 is 6.73. The largest absolute Gasteiger partial charge is 0.478 e. The van der Waals surface area contributed by atoms with Gasteiger partial charge in [-0.25, -0.2) is 13.6 Å². The van der Waals surface area contributed by atoms with Crippen LogP contribution in [0.5, 0.6) is 5.75 Å². The Bertz CT molecular complexity index is 1640. The highest BCUT2D eigenvalue weighted by Gasteiger charge is 2.35. The van der Waals surface area contributed by atoms with Crippen molar-refractivity contribution < 1.29 is 37.7 Å². The number of carbonyl (C=O) groups excluding carboxylic acids is 2. The summed E-state index contributed by atoms with van der Waals surface area (Å²) in [6.45, 7) is 3.85. The Morgan fingerprint density at radius 3 is 2.36 bits per heavy atom. The lowest BCUT2D eigenvalue weighted by molar-refractivity contribution is -0.134. The van der Waals surface area contributed by atoms with Crippen molar-refractivity contribution in [2.75, 3.05) is 39.4 Å². The molecule has 2 fully saturated rings. The number of hydrogen-bond acceptors (Lipinski definition) is 8. The zero-order valence-electron chi connectivity index (χ0n) is 24.2. The zero-order valence-corrected chi connectivity index (χ0v) is 25.8. The Morgan fingerprint density at radius 2 is 1.64 bits per heavy atom. The van der Waals surface area contributed by atoms with Crippen LogP contribution in [-0.4, -0.2) is 76.5 Å². The third-order valence-electron chi connectivity index (χ3n) is 7.46. The van der Waals surface area contributed by atoms with Crippen LogP contribution in [0.2, 0.25) is 0 Å². The number of morpholine rings is 1. The number of nitrogens with zero attached hydrogens (tertiary/aromatic N) is 2. The molecule has 2 heterocycles. The quantitative estimate of drug-likeness (QED) is 0.116. The van der Waals surface area contributed by atoms with Gasteiger partial charge in [-0.3, -0.25) is 19.4 Å². The minimum atomic E-state index is -1.09. The Hall–Kier alpha value is -3.97. The number of amides is 1. The van der Waals surface area contributed by atoms with E-state index in [-0.39, 0.29) is 30.2 Å². The van der Waals surface area contributed by atoms with Crippen LogP contribution >= 0.6 is 24.0 Å². The van der Waals surface area contributed by atoms with Gasteiger partial charge in [0, 0.05) is 19.6 Å². The number of thiocarbonyl (C=S) groups is 1. The summed E-state index contributed by atoms with van der Waals surface area (Å²) in [5, 5.41) is 9.04. The van der Waals surface area contributed by atoms with Crippen LogP contribution in [0.4, 0.5) is 8.78 Å². The molecule has 5 rings (SSSR count). The number of aromatic carboxylic acids is 1. The Labute approximate surface area is 268 Å². The third-order valence-corrected chi connectivity index (χ3v) is 8.96. The van der Waals surface area contributed by atoms with Crippen LogP contribution in [0.25, 0.3) is 16.7 Å². The van der Waals surface area contributed by atoms with Gasteiger partial charge >= 0.3 is 11.9 Å². The maximum atomic E-state index is 14.0. The summed E-state index contributed by atoms with van der Waals surface area (Å²) in [5.74, 6) is -3.68. The number of rotatable bonds is 11. The van der Waals surface area contributed by atoms with Gasteiger partial charge in [-0.05, 0) is 84.1 Å². The summed E-state index contributed by atoms with van der Waals surface area (Å²) in [6.07, 6.45) is 1.21. The molecule has 3 aromatic carbocycles. The lowest BCUT2D eigenvalue weighted by atomic mass is 9.95. The summed E-state index contributed by atoms with van der Waals surface area (Å²) < 4.78 is 38.7. The van der Waals surface area contributed by atoms with Crippen molar-refractivity contribution in [3.05, 3.63) is 94.4 Å². The van der Waals surface area contributed by atoms with Crippen LogP contribution < -0.4 is 4.74 Å². The first-order valence-corrected chi connectivity index (χ1v) is 15.6. The van der Waals surface area contributed by atoms with E-state index in [1.165, 1.54) is 47.0 Å². The summed E-state index contributed by atoms with van der Waals surface area (Å²) in [5.41, 5.74) is 2.80. The zero-order chi connectivity index (χ0) is 31.9. The van der Waals surface area contributed by atoms with Crippen LogP contribution in [0.1, 0.15) is 35.2 Å². The van der Waals surface area contributed by atoms with Crippen LogP contribution in [-0.2, 0) is 14.3 Å². The number of carboxylic acids is 1. The molecule has 0 aliphatic carbocycles. The monoisotopic (exact) mass is 652 g/mol. The molecule has 2 aliphatic heterocycles. The molecule has 3 aromatic rings. The number of benzene rings is 3. The molecule has 234 valence electrons. The fourth-order valence-electron chi connectivity index (χ4n) is 5.08. The number of allylic oxidation sites excluding steroid dienone is 1. The van der Waals surface area contributed by atoms with Crippen LogP contribution in [0.3, 0.4) is 0 Å². The Morgan fingerprint density at radius 1 is 0.911 bits per heavy atom. The molecule has 8 nitrogen and oxygen atoms in total. The highest BCUT2D eigenvalue weighted by Crippen LogP contribution is 2.40. The third kappa shape index (κ3) is 8.20. The number of halogens is 2. The number of hydrogen-bond donors (Lipinski definition) is 1. The van der Waals surface area contributed by atoms with Gasteiger partial charge in [-0.2, -0.15) is 0 Å². The smallest absolute Gasteiger partial charge is 0.335 e. The SMILES string of the molecule is O=C(CCN1C(=O)/C(=C(\CCCN2CCOCC2)c2cccc(-c3ccc(F)c(F)c3)c2)SC1=S)Oc1ccc(C(=O)O)cc1. The van der Waals surface area contributed by atoms with Crippen LogP contribution in [0.15, 0.2) is 71.6 Å². The average Bonchev–Trinajstić information content (AvgIpc) is 3.32. The van der Waals surface area contributed by atoms with Gasteiger partial charge in [-0.1, -0.05) is 48.2 Å². The molecule has 0 atom stereocenters. The summed E-state index contributed by atoms with van der Waals surface area (Å²) in [7, 11) is 0. The molecule has 2 aliphatic rings. The first-order valence-electron chi connectivity index (χ1n) is 14.4. The van der Waals surface area contributed by atoms with Crippen molar-refractivity contribution >= 4 is 51.7 Å². The lowest BCUT2D eigenvalue weighted by Crippen LogP contribution is -2.36. The fourth-order valence-corrected chi connectivity index (χ4v) is 6.51. The van der Waals surface area contributed by atoms with Gasteiger partial charge in [0.25, 0.3) is 5.91 Å². The van der Waals surface area contributed by atoms with Gasteiger partial charge in [-0.15, -0.1) is 0 Å². The van der Waals surface area contributed by atoms with Gasteiger partial charge < -0.3 is 14.6 Å². The lowest BCUT2D eigenvalue weighted by Gasteiger charge is -2.26. The van der Waals surface area contributed by atoms with Crippen molar-refractivity contribution in [2.45, 2.75) is 19.3 Å². The second-order valence-corrected chi connectivity index (χ2v) is 12.1. The molecule has 0 spiro atoms. The van der Waals surface area contributed by atoms with Gasteiger partial charge in [0.2, 0.25) is 0 Å². The number of esters is 1. The molecular weight excluding hydrogens is 623 g/mol. The number of ether oxygens (including phenoxy) is 2. The van der Waals surface area contributed by atoms with Crippen molar-refractivity contribution in [2.24, 2.45) is 0 Å². The van der Waals surface area contributed by atoms with E-state index in [9.17, 15) is 23.2 Å². The van der Waals surface area contributed by atoms with Gasteiger partial charge in [0.05, 0.1) is 30.1 Å². The standard InChI is InChI=1S/C33H30F2N2O6S2/c34-27-11-8-23(20-28(27)35)22-3-1-4-24(19-22)26(5-2-13-36-15-17-42-18-16-36)30-31(39)37(33(44)45-30)14-12-29(38)43-25-9-6-21(7-10-25)32(40)41/h1,3-4,6-11,19-20H,2,5,12-18H2,(H,40,41)/b30-26-. The van der Waals surface area contributed by atoms with E-state index < -0.39 is 23.6 Å². The minimum Gasteiger partial charge on any atom is -0.478 e. The molecule has 0 aromatic heterocycles. The van der Waals surface area contributed by atoms with E-state index in [1.54, 1.807) is 6.07 Å². The van der Waals surface area contributed by atoms with E-state index in [0.717, 1.165) is 49.3 Å². The van der Waals surface area contributed by atoms with E-state index in [1.807, 2.05) is 18.2 Å². The highest BCUT2D eigenvalue weighted by molar-refractivity contribution is 8.26. The fraction of sp³-hybridized carbons (Fsp3) is 0.273. The van der Waals surface area contributed by atoms with E-state index in [4.69, 9.17) is 26.8 Å². The van der Waals surface area contributed by atoms with Gasteiger partial charge in [0.15, 0.2) is 11.6 Å². The summed E-state index contributed by atoms with van der Waals surface area (Å²) in [6, 6.07) is 16.5. The molecule has 0 radical (unpaired) electrons. The predicted molar refractivity (Wildman–Crippen MR) is 171 cm³/mol. The molecule has 12 heteroatoms. The maximum absolute atomic E-state index is 14.0. The molecule has 45 heavy (non-hydrogen) atoms. The Balaban J connectivity index is 1.34. The molecule has 2 saturated heterocycles. The van der Waals surface area contributed by atoms with Crippen molar-refractivity contribution in [3.8, 4) is 16.9 Å². The highest BCUT2D eigenvalue weighted by atomic mass is 32.2. The second-order valence-electron chi connectivity index (χ2n) is 10.5. The number of carboxylic acid groups (broad SMARTS) is 1. The normalized spacial score (nSPS) is 16.6. The van der Waals surface area contributed by atoms with Crippen molar-refractivity contribution in [3.63, 3.8) is 0 Å². The van der Waals surface area contributed by atoms with Gasteiger partial charge in [0.1, 0.15) is 10.1 Å². The molecule has 0 bridgehead atoms. The predicted octanol–water partition coefficient (Wildman–Crippen LogP) is 6.01. The summed E-state index contributed by atoms with van der Waals surface area (Å²) in [4.78, 5) is 41.5. The van der Waals surface area contributed by atoms with Crippen LogP contribution in [0, 0.1) is 11.6 Å². The molecule has 0 unspecified atom stereocenters. The number of thioether (sulfide) groups is 1. The van der Waals surface area contributed by atoms with E-state index in [2.05, 4.69) is 4.90 Å². The molecule has 1 N–H and O–H groups in total. The molecule has 1 amide bonds. The second kappa shape index (κ2) is 14.9. The average molecular weight is 653 g/mol. The van der Waals surface area contributed by atoms with E-state index >= 15 is 0 Å². The maximum Gasteiger partial charge on any atom is 0.335 e. The Kier molecular flexibility index (Phi) is 10.7. The topological polar surface area (TPSA) is 96.4 Å².